The lowest BCUT2D eigenvalue weighted by Gasteiger charge is -2.14. The van der Waals surface area contributed by atoms with E-state index >= 15 is 0 Å². The van der Waals surface area contributed by atoms with Crippen LogP contribution in [0, 0.1) is 0 Å². The van der Waals surface area contributed by atoms with Crippen molar-refractivity contribution in [1.29, 1.82) is 0 Å². The van der Waals surface area contributed by atoms with E-state index in [0.29, 0.717) is 24.7 Å². The Morgan fingerprint density at radius 2 is 1.88 bits per heavy atom. The molecule has 6 nitrogen and oxygen atoms in total. The summed E-state index contributed by atoms with van der Waals surface area (Å²) in [5, 5.41) is 3.34. The van der Waals surface area contributed by atoms with Crippen molar-refractivity contribution < 1.29 is 19.0 Å². The summed E-state index contributed by atoms with van der Waals surface area (Å²) in [6.07, 6.45) is 0.185. The van der Waals surface area contributed by atoms with Crippen molar-refractivity contribution >= 4 is 11.6 Å². The number of carbonyl (C=O) groups excluding carboxylic acids is 1. The Labute approximate surface area is 147 Å². The lowest BCUT2D eigenvalue weighted by atomic mass is 10.2. The van der Waals surface area contributed by atoms with Gasteiger partial charge in [0.2, 0.25) is 5.91 Å². The molecule has 2 rings (SSSR count). The number of rotatable bonds is 10. The van der Waals surface area contributed by atoms with Crippen LogP contribution in [0.3, 0.4) is 0 Å². The van der Waals surface area contributed by atoms with Crippen LogP contribution in [0.2, 0.25) is 0 Å². The van der Waals surface area contributed by atoms with Gasteiger partial charge in [-0.1, -0.05) is 18.2 Å². The second-order valence-electron chi connectivity index (χ2n) is 5.33. The fourth-order valence-electron chi connectivity index (χ4n) is 2.30. The van der Waals surface area contributed by atoms with Crippen LogP contribution in [0.25, 0.3) is 0 Å². The summed E-state index contributed by atoms with van der Waals surface area (Å²) in [5.74, 6) is 1.73. The van der Waals surface area contributed by atoms with Gasteiger partial charge >= 0.3 is 0 Å². The summed E-state index contributed by atoms with van der Waals surface area (Å²) in [6.45, 7) is 3.36. The van der Waals surface area contributed by atoms with Gasteiger partial charge in [0.25, 0.3) is 0 Å². The van der Waals surface area contributed by atoms with E-state index in [1.165, 1.54) is 0 Å². The molecule has 6 heteroatoms. The highest BCUT2D eigenvalue weighted by Crippen LogP contribution is 2.29. The standard InChI is InChI=1S/C19H24N2O4/c1-3-24-18-12-14(8-9-17(18)23-2)13-21-15-6-4-5-7-16(15)25-11-10-19(20)22/h4-9,12,21H,3,10-11,13H2,1-2H3,(H2,20,22). The fourth-order valence-corrected chi connectivity index (χ4v) is 2.30. The summed E-state index contributed by atoms with van der Waals surface area (Å²) in [5.41, 5.74) is 7.04. The van der Waals surface area contributed by atoms with Gasteiger partial charge in [-0.05, 0) is 36.8 Å². The third-order valence-electron chi connectivity index (χ3n) is 3.50. The number of methoxy groups -OCH3 is 1. The van der Waals surface area contributed by atoms with Gasteiger partial charge in [-0.2, -0.15) is 0 Å². The first-order valence-corrected chi connectivity index (χ1v) is 8.17. The molecule has 0 heterocycles. The number of primary amides is 1. The van der Waals surface area contributed by atoms with Gasteiger partial charge in [0.05, 0.1) is 32.4 Å². The molecule has 0 fully saturated rings. The molecule has 0 atom stereocenters. The van der Waals surface area contributed by atoms with Gasteiger partial charge in [-0.3, -0.25) is 4.79 Å². The molecule has 0 bridgehead atoms. The first kappa shape index (κ1) is 18.4. The lowest BCUT2D eigenvalue weighted by molar-refractivity contribution is -0.118. The second-order valence-corrected chi connectivity index (χ2v) is 5.33. The van der Waals surface area contributed by atoms with Crippen LogP contribution >= 0.6 is 0 Å². The number of para-hydroxylation sites is 2. The quantitative estimate of drug-likeness (QED) is 0.692. The Bertz CT molecular complexity index is 704. The van der Waals surface area contributed by atoms with Gasteiger partial charge in [0.1, 0.15) is 5.75 Å². The van der Waals surface area contributed by atoms with Crippen molar-refractivity contribution in [3.8, 4) is 17.2 Å². The number of hydrogen-bond acceptors (Lipinski definition) is 5. The van der Waals surface area contributed by atoms with E-state index in [1.807, 2.05) is 49.4 Å². The molecule has 1 amide bonds. The molecule has 134 valence electrons. The summed E-state index contributed by atoms with van der Waals surface area (Å²) in [4.78, 5) is 10.8. The van der Waals surface area contributed by atoms with E-state index in [1.54, 1.807) is 7.11 Å². The van der Waals surface area contributed by atoms with Crippen molar-refractivity contribution in [3.05, 3.63) is 48.0 Å². The van der Waals surface area contributed by atoms with Crippen molar-refractivity contribution in [2.45, 2.75) is 19.9 Å². The zero-order valence-corrected chi connectivity index (χ0v) is 14.6. The number of hydrogen-bond donors (Lipinski definition) is 2. The topological polar surface area (TPSA) is 82.8 Å². The monoisotopic (exact) mass is 344 g/mol. The molecular weight excluding hydrogens is 320 g/mol. The maximum Gasteiger partial charge on any atom is 0.220 e. The highest BCUT2D eigenvalue weighted by atomic mass is 16.5. The summed E-state index contributed by atoms with van der Waals surface area (Å²) in [6, 6.07) is 13.4. The van der Waals surface area contributed by atoms with E-state index in [2.05, 4.69) is 5.32 Å². The number of benzene rings is 2. The van der Waals surface area contributed by atoms with Crippen molar-refractivity contribution in [3.63, 3.8) is 0 Å². The van der Waals surface area contributed by atoms with Crippen LogP contribution in [0.5, 0.6) is 17.2 Å². The molecule has 0 radical (unpaired) electrons. The van der Waals surface area contributed by atoms with Crippen molar-refractivity contribution in [1.82, 2.24) is 0 Å². The molecule has 0 saturated carbocycles. The van der Waals surface area contributed by atoms with Crippen LogP contribution in [-0.2, 0) is 11.3 Å². The van der Waals surface area contributed by atoms with E-state index in [-0.39, 0.29) is 18.9 Å². The summed E-state index contributed by atoms with van der Waals surface area (Å²) in [7, 11) is 1.62. The summed E-state index contributed by atoms with van der Waals surface area (Å²) < 4.78 is 16.5. The molecule has 2 aromatic rings. The number of ether oxygens (including phenoxy) is 3. The molecule has 0 aliphatic carbocycles. The first-order chi connectivity index (χ1) is 12.1. The van der Waals surface area contributed by atoms with Crippen LogP contribution in [-0.4, -0.2) is 26.2 Å². The minimum Gasteiger partial charge on any atom is -0.493 e. The largest absolute Gasteiger partial charge is 0.493 e. The van der Waals surface area contributed by atoms with Crippen LogP contribution in [0.1, 0.15) is 18.9 Å². The normalized spacial score (nSPS) is 10.2. The Balaban J connectivity index is 2.03. The number of carbonyl (C=O) groups is 1. The number of anilines is 1. The Morgan fingerprint density at radius 3 is 2.60 bits per heavy atom. The third kappa shape index (κ3) is 5.60. The minimum absolute atomic E-state index is 0.185. The van der Waals surface area contributed by atoms with Gasteiger partial charge in [-0.25, -0.2) is 0 Å². The highest BCUT2D eigenvalue weighted by molar-refractivity contribution is 5.73. The van der Waals surface area contributed by atoms with E-state index < -0.39 is 0 Å². The smallest absolute Gasteiger partial charge is 0.220 e. The molecule has 0 aromatic heterocycles. The average molecular weight is 344 g/mol. The van der Waals surface area contributed by atoms with E-state index in [0.717, 1.165) is 17.0 Å². The highest BCUT2D eigenvalue weighted by Gasteiger charge is 2.07. The van der Waals surface area contributed by atoms with Gasteiger partial charge < -0.3 is 25.3 Å². The second kappa shape index (κ2) is 9.42. The van der Waals surface area contributed by atoms with Crippen LogP contribution in [0.15, 0.2) is 42.5 Å². The first-order valence-electron chi connectivity index (χ1n) is 8.17. The molecular formula is C19H24N2O4. The lowest BCUT2D eigenvalue weighted by Crippen LogP contribution is -2.15. The zero-order valence-electron chi connectivity index (χ0n) is 14.6. The Morgan fingerprint density at radius 1 is 1.08 bits per heavy atom. The number of nitrogens with two attached hydrogens (primary N) is 1. The molecule has 0 saturated heterocycles. The average Bonchev–Trinajstić information content (AvgIpc) is 2.61. The fraction of sp³-hybridized carbons (Fsp3) is 0.316. The van der Waals surface area contributed by atoms with Gasteiger partial charge in [0.15, 0.2) is 11.5 Å². The van der Waals surface area contributed by atoms with Gasteiger partial charge in [-0.15, -0.1) is 0 Å². The van der Waals surface area contributed by atoms with Crippen LogP contribution in [0.4, 0.5) is 5.69 Å². The Kier molecular flexibility index (Phi) is 6.95. The third-order valence-corrected chi connectivity index (χ3v) is 3.50. The van der Waals surface area contributed by atoms with Gasteiger partial charge in [0, 0.05) is 6.54 Å². The maximum absolute atomic E-state index is 10.8. The SMILES string of the molecule is CCOc1cc(CNc2ccccc2OCCC(N)=O)ccc1OC. The minimum atomic E-state index is -0.382. The molecule has 2 aromatic carbocycles. The molecule has 25 heavy (non-hydrogen) atoms. The van der Waals surface area contributed by atoms with E-state index in [4.69, 9.17) is 19.9 Å². The predicted molar refractivity (Wildman–Crippen MR) is 97.2 cm³/mol. The number of amides is 1. The molecule has 0 aliphatic heterocycles. The van der Waals surface area contributed by atoms with E-state index in [9.17, 15) is 4.79 Å². The summed E-state index contributed by atoms with van der Waals surface area (Å²) >= 11 is 0. The molecule has 3 N–H and O–H groups in total. The number of nitrogens with one attached hydrogen (secondary N) is 1. The molecule has 0 spiro atoms. The van der Waals surface area contributed by atoms with Crippen molar-refractivity contribution in [2.75, 3.05) is 25.6 Å². The van der Waals surface area contributed by atoms with Crippen LogP contribution < -0.4 is 25.3 Å². The van der Waals surface area contributed by atoms with Crippen molar-refractivity contribution in [2.24, 2.45) is 5.73 Å². The zero-order chi connectivity index (χ0) is 18.1. The Hall–Kier alpha value is -2.89. The predicted octanol–water partition coefficient (Wildman–Crippen LogP) is 2.96. The molecule has 0 aliphatic rings. The molecule has 0 unspecified atom stereocenters. The maximum atomic E-state index is 10.8.